The fourth-order valence-electron chi connectivity index (χ4n) is 3.25. The second kappa shape index (κ2) is 8.45. The number of likely N-dealkylation sites (tertiary alicyclic amines) is 1. The van der Waals surface area contributed by atoms with E-state index in [2.05, 4.69) is 10.2 Å². The maximum atomic E-state index is 13.8. The van der Waals surface area contributed by atoms with E-state index in [1.807, 2.05) is 30.3 Å². The number of carbonyl (C=O) groups excluding carboxylic acids is 1. The summed E-state index contributed by atoms with van der Waals surface area (Å²) in [6, 6.07) is 14.3. The van der Waals surface area contributed by atoms with Gasteiger partial charge in [0.05, 0.1) is 5.92 Å². The lowest BCUT2D eigenvalue weighted by atomic mass is 9.96. The molecule has 1 saturated heterocycles. The van der Waals surface area contributed by atoms with E-state index in [1.165, 1.54) is 6.07 Å². The molecule has 5 heteroatoms. The first-order valence-corrected chi connectivity index (χ1v) is 8.98. The average molecular weight is 361 g/mol. The number of piperidine rings is 1. The quantitative estimate of drug-likeness (QED) is 0.873. The van der Waals surface area contributed by atoms with Crippen molar-refractivity contribution < 1.29 is 9.18 Å². The summed E-state index contributed by atoms with van der Waals surface area (Å²) in [7, 11) is 0. The Balaban J connectivity index is 1.55. The van der Waals surface area contributed by atoms with Crippen LogP contribution in [0.1, 0.15) is 24.0 Å². The standard InChI is InChI=1S/C20H22ClFN2O/c21-18-9-3-1-6-15(18)12-23-20(25)17-8-5-11-24(14-17)13-16-7-2-4-10-19(16)22/h1-4,6-7,9-10,17H,5,8,11-14H2,(H,23,25). The molecular weight excluding hydrogens is 339 g/mol. The average Bonchev–Trinajstić information content (AvgIpc) is 2.63. The summed E-state index contributed by atoms with van der Waals surface area (Å²) in [6.45, 7) is 2.52. The van der Waals surface area contributed by atoms with Crippen molar-refractivity contribution in [1.82, 2.24) is 10.2 Å². The third kappa shape index (κ3) is 4.80. The third-order valence-corrected chi connectivity index (χ3v) is 5.01. The van der Waals surface area contributed by atoms with Gasteiger partial charge in [-0.05, 0) is 37.1 Å². The minimum absolute atomic E-state index is 0.0400. The molecule has 0 bridgehead atoms. The number of rotatable bonds is 5. The van der Waals surface area contributed by atoms with Crippen LogP contribution >= 0.6 is 11.6 Å². The maximum absolute atomic E-state index is 13.8. The van der Waals surface area contributed by atoms with Gasteiger partial charge >= 0.3 is 0 Å². The van der Waals surface area contributed by atoms with Gasteiger partial charge in [-0.15, -0.1) is 0 Å². The second-order valence-electron chi connectivity index (χ2n) is 6.47. The molecule has 1 aliphatic rings. The summed E-state index contributed by atoms with van der Waals surface area (Å²) in [6.07, 6.45) is 1.81. The Kier molecular flexibility index (Phi) is 6.05. The fraction of sp³-hybridized carbons (Fsp3) is 0.350. The van der Waals surface area contributed by atoms with Gasteiger partial charge < -0.3 is 5.32 Å². The van der Waals surface area contributed by atoms with Crippen molar-refractivity contribution in [1.29, 1.82) is 0 Å². The summed E-state index contributed by atoms with van der Waals surface area (Å²) < 4.78 is 13.8. The number of amides is 1. The zero-order valence-corrected chi connectivity index (χ0v) is 14.8. The van der Waals surface area contributed by atoms with E-state index in [0.29, 0.717) is 30.2 Å². The van der Waals surface area contributed by atoms with Crippen molar-refractivity contribution in [3.8, 4) is 0 Å². The summed E-state index contributed by atoms with van der Waals surface area (Å²) in [5.74, 6) is -0.214. The Labute approximate surface area is 152 Å². The normalized spacial score (nSPS) is 18.1. The van der Waals surface area contributed by atoms with E-state index in [1.54, 1.807) is 12.1 Å². The van der Waals surface area contributed by atoms with Crippen molar-refractivity contribution in [2.75, 3.05) is 13.1 Å². The van der Waals surface area contributed by atoms with E-state index in [4.69, 9.17) is 11.6 Å². The van der Waals surface area contributed by atoms with Crippen LogP contribution in [-0.2, 0) is 17.9 Å². The van der Waals surface area contributed by atoms with Gasteiger partial charge in [0.1, 0.15) is 5.82 Å². The van der Waals surface area contributed by atoms with Crippen molar-refractivity contribution >= 4 is 17.5 Å². The molecule has 0 aliphatic carbocycles. The van der Waals surface area contributed by atoms with Gasteiger partial charge in [0.15, 0.2) is 0 Å². The van der Waals surface area contributed by atoms with Gasteiger partial charge in [-0.25, -0.2) is 4.39 Å². The van der Waals surface area contributed by atoms with Crippen molar-refractivity contribution in [2.24, 2.45) is 5.92 Å². The largest absolute Gasteiger partial charge is 0.352 e. The van der Waals surface area contributed by atoms with Crippen LogP contribution in [0.5, 0.6) is 0 Å². The predicted octanol–water partition coefficient (Wildman–Crippen LogP) is 4.01. The molecule has 1 unspecified atom stereocenters. The van der Waals surface area contributed by atoms with Crippen LogP contribution in [0.2, 0.25) is 5.02 Å². The Morgan fingerprint density at radius 2 is 1.88 bits per heavy atom. The molecule has 1 aliphatic heterocycles. The van der Waals surface area contributed by atoms with Crippen molar-refractivity contribution in [3.63, 3.8) is 0 Å². The van der Waals surface area contributed by atoms with E-state index >= 15 is 0 Å². The number of hydrogen-bond donors (Lipinski definition) is 1. The van der Waals surface area contributed by atoms with Crippen LogP contribution in [0.3, 0.4) is 0 Å². The highest BCUT2D eigenvalue weighted by molar-refractivity contribution is 6.31. The molecular formula is C20H22ClFN2O. The van der Waals surface area contributed by atoms with Crippen LogP contribution in [-0.4, -0.2) is 23.9 Å². The highest BCUT2D eigenvalue weighted by Gasteiger charge is 2.26. The molecule has 3 nitrogen and oxygen atoms in total. The van der Waals surface area contributed by atoms with Gasteiger partial charge in [-0.1, -0.05) is 48.0 Å². The van der Waals surface area contributed by atoms with Crippen LogP contribution < -0.4 is 5.32 Å². The number of halogens is 2. The zero-order chi connectivity index (χ0) is 17.6. The fourth-order valence-corrected chi connectivity index (χ4v) is 3.45. The van der Waals surface area contributed by atoms with Crippen LogP contribution in [0.15, 0.2) is 48.5 Å². The lowest BCUT2D eigenvalue weighted by molar-refractivity contribution is -0.126. The Morgan fingerprint density at radius 3 is 2.64 bits per heavy atom. The Bertz CT molecular complexity index is 737. The Morgan fingerprint density at radius 1 is 1.16 bits per heavy atom. The highest BCUT2D eigenvalue weighted by Crippen LogP contribution is 2.20. The SMILES string of the molecule is O=C(NCc1ccccc1Cl)C1CCCN(Cc2ccccc2F)C1. The van der Waals surface area contributed by atoms with Gasteiger partial charge in [0.25, 0.3) is 0 Å². The molecule has 1 atom stereocenters. The number of carbonyl (C=O) groups is 1. The molecule has 0 spiro atoms. The molecule has 1 heterocycles. The first-order valence-electron chi connectivity index (χ1n) is 8.60. The number of benzene rings is 2. The molecule has 2 aromatic rings. The summed E-state index contributed by atoms with van der Waals surface area (Å²) in [4.78, 5) is 14.6. The number of nitrogens with zero attached hydrogens (tertiary/aromatic N) is 1. The highest BCUT2D eigenvalue weighted by atomic mass is 35.5. The molecule has 0 saturated carbocycles. The smallest absolute Gasteiger partial charge is 0.224 e. The molecule has 3 rings (SSSR count). The topological polar surface area (TPSA) is 32.3 Å². The van der Waals surface area contributed by atoms with Gasteiger partial charge in [-0.2, -0.15) is 0 Å². The van der Waals surface area contributed by atoms with Gasteiger partial charge in [0.2, 0.25) is 5.91 Å². The molecule has 1 fully saturated rings. The van der Waals surface area contributed by atoms with Crippen LogP contribution in [0.25, 0.3) is 0 Å². The first kappa shape index (κ1) is 17.9. The lowest BCUT2D eigenvalue weighted by Crippen LogP contribution is -2.42. The summed E-state index contributed by atoms with van der Waals surface area (Å²) >= 11 is 6.13. The van der Waals surface area contributed by atoms with Gasteiger partial charge in [-0.3, -0.25) is 9.69 Å². The molecule has 0 radical (unpaired) electrons. The summed E-state index contributed by atoms with van der Waals surface area (Å²) in [5, 5.41) is 3.64. The second-order valence-corrected chi connectivity index (χ2v) is 6.88. The Hall–Kier alpha value is -1.91. The molecule has 1 amide bonds. The molecule has 0 aromatic heterocycles. The van der Waals surface area contributed by atoms with Gasteiger partial charge in [0, 0.05) is 30.2 Å². The van der Waals surface area contributed by atoms with E-state index in [0.717, 1.165) is 24.9 Å². The number of nitrogens with one attached hydrogen (secondary N) is 1. The minimum atomic E-state index is -0.187. The molecule has 2 aromatic carbocycles. The first-order chi connectivity index (χ1) is 12.1. The molecule has 132 valence electrons. The zero-order valence-electron chi connectivity index (χ0n) is 14.1. The lowest BCUT2D eigenvalue weighted by Gasteiger charge is -2.32. The van der Waals surface area contributed by atoms with E-state index in [9.17, 15) is 9.18 Å². The third-order valence-electron chi connectivity index (χ3n) is 4.64. The van der Waals surface area contributed by atoms with Crippen molar-refractivity contribution in [2.45, 2.75) is 25.9 Å². The van der Waals surface area contributed by atoms with Crippen molar-refractivity contribution in [3.05, 3.63) is 70.5 Å². The van der Waals surface area contributed by atoms with E-state index < -0.39 is 0 Å². The monoisotopic (exact) mass is 360 g/mol. The van der Waals surface area contributed by atoms with E-state index in [-0.39, 0.29) is 17.6 Å². The van der Waals surface area contributed by atoms with Crippen LogP contribution in [0, 0.1) is 11.7 Å². The predicted molar refractivity (Wildman–Crippen MR) is 97.7 cm³/mol. The van der Waals surface area contributed by atoms with Crippen LogP contribution in [0.4, 0.5) is 4.39 Å². The summed E-state index contributed by atoms with van der Waals surface area (Å²) in [5.41, 5.74) is 1.59. The molecule has 1 N–H and O–H groups in total. The number of hydrogen-bond acceptors (Lipinski definition) is 2. The maximum Gasteiger partial charge on any atom is 0.224 e. The molecule has 25 heavy (non-hydrogen) atoms. The minimum Gasteiger partial charge on any atom is -0.352 e.